The third kappa shape index (κ3) is 3.36. The minimum atomic E-state index is -1.05. The molecule has 0 saturated heterocycles. The molecule has 1 fully saturated rings. The fourth-order valence-corrected chi connectivity index (χ4v) is 2.67. The van der Waals surface area contributed by atoms with Gasteiger partial charge in [-0.1, -0.05) is 24.4 Å². The lowest BCUT2D eigenvalue weighted by molar-refractivity contribution is 0.0696. The first-order chi connectivity index (χ1) is 9.11. The summed E-state index contributed by atoms with van der Waals surface area (Å²) in [6, 6.07) is 1.52. The van der Waals surface area contributed by atoms with Crippen LogP contribution in [-0.4, -0.2) is 33.8 Å². The molecule has 19 heavy (non-hydrogen) atoms. The van der Waals surface area contributed by atoms with Gasteiger partial charge in [-0.15, -0.1) is 0 Å². The van der Waals surface area contributed by atoms with Crippen molar-refractivity contribution in [3.8, 4) is 0 Å². The fraction of sp³-hybridized carbons (Fsp3) is 0.538. The summed E-state index contributed by atoms with van der Waals surface area (Å²) in [4.78, 5) is 14.9. The van der Waals surface area contributed by atoms with Crippen LogP contribution in [0.2, 0.25) is 5.02 Å². The molecule has 1 aromatic heterocycles. The molecule has 1 aromatic rings. The standard InChI is InChI=1S/C13H17ClN2O3/c14-10-5-9(13(18)19)6-15-12(10)16-11-4-2-1-3-8(11)7-17/h5-6,8,11,17H,1-4,7H2,(H,15,16)(H,18,19). The molecular weight excluding hydrogens is 268 g/mol. The summed E-state index contributed by atoms with van der Waals surface area (Å²) >= 11 is 6.03. The molecule has 2 rings (SSSR count). The topological polar surface area (TPSA) is 82.5 Å². The van der Waals surface area contributed by atoms with Crippen LogP contribution in [-0.2, 0) is 0 Å². The zero-order valence-electron chi connectivity index (χ0n) is 10.5. The molecule has 0 spiro atoms. The summed E-state index contributed by atoms with van der Waals surface area (Å²) in [5.74, 6) is -0.366. The molecule has 0 radical (unpaired) electrons. The van der Waals surface area contributed by atoms with E-state index in [1.165, 1.54) is 12.3 Å². The molecular formula is C13H17ClN2O3. The smallest absolute Gasteiger partial charge is 0.337 e. The van der Waals surface area contributed by atoms with Gasteiger partial charge in [0.25, 0.3) is 0 Å². The van der Waals surface area contributed by atoms with Gasteiger partial charge in [-0.2, -0.15) is 0 Å². The molecule has 5 nitrogen and oxygen atoms in total. The molecule has 6 heteroatoms. The van der Waals surface area contributed by atoms with Crippen LogP contribution in [0.1, 0.15) is 36.0 Å². The van der Waals surface area contributed by atoms with Crippen molar-refractivity contribution in [2.45, 2.75) is 31.7 Å². The summed E-state index contributed by atoms with van der Waals surface area (Å²) in [6.45, 7) is 0.141. The molecule has 1 saturated carbocycles. The van der Waals surface area contributed by atoms with Crippen molar-refractivity contribution in [3.05, 3.63) is 22.8 Å². The number of carboxylic acids is 1. The summed E-state index contributed by atoms with van der Waals surface area (Å²) in [5, 5.41) is 21.7. The predicted octanol–water partition coefficient (Wildman–Crippen LogP) is 2.40. The maximum atomic E-state index is 10.8. The van der Waals surface area contributed by atoms with Crippen molar-refractivity contribution in [2.24, 2.45) is 5.92 Å². The Bertz CT molecular complexity index is 467. The van der Waals surface area contributed by atoms with Crippen molar-refractivity contribution < 1.29 is 15.0 Å². The Labute approximate surface area is 116 Å². The number of aromatic carboxylic acids is 1. The van der Waals surface area contributed by atoms with Crippen LogP contribution >= 0.6 is 11.6 Å². The van der Waals surface area contributed by atoms with E-state index in [1.807, 2.05) is 0 Å². The normalized spacial score (nSPS) is 23.1. The van der Waals surface area contributed by atoms with Crippen LogP contribution in [0.4, 0.5) is 5.82 Å². The lowest BCUT2D eigenvalue weighted by Gasteiger charge is -2.31. The fourth-order valence-electron chi connectivity index (χ4n) is 2.45. The number of nitrogens with zero attached hydrogens (tertiary/aromatic N) is 1. The third-order valence-corrected chi connectivity index (χ3v) is 3.84. The third-order valence-electron chi connectivity index (χ3n) is 3.55. The first-order valence-electron chi connectivity index (χ1n) is 6.38. The van der Waals surface area contributed by atoms with Gasteiger partial charge in [0.05, 0.1) is 10.6 Å². The van der Waals surface area contributed by atoms with Crippen molar-refractivity contribution in [1.29, 1.82) is 0 Å². The Balaban J connectivity index is 2.11. The number of pyridine rings is 1. The van der Waals surface area contributed by atoms with E-state index in [2.05, 4.69) is 10.3 Å². The number of anilines is 1. The van der Waals surface area contributed by atoms with E-state index in [4.69, 9.17) is 16.7 Å². The van der Waals surface area contributed by atoms with Crippen molar-refractivity contribution >= 4 is 23.4 Å². The monoisotopic (exact) mass is 284 g/mol. The highest BCUT2D eigenvalue weighted by molar-refractivity contribution is 6.33. The average molecular weight is 285 g/mol. The van der Waals surface area contributed by atoms with Crippen molar-refractivity contribution in [2.75, 3.05) is 11.9 Å². The molecule has 0 bridgehead atoms. The lowest BCUT2D eigenvalue weighted by Crippen LogP contribution is -2.34. The van der Waals surface area contributed by atoms with Crippen LogP contribution in [0.15, 0.2) is 12.3 Å². The van der Waals surface area contributed by atoms with E-state index in [1.54, 1.807) is 0 Å². The summed E-state index contributed by atoms with van der Waals surface area (Å²) in [6.07, 6.45) is 5.47. The number of aliphatic hydroxyl groups is 1. The molecule has 104 valence electrons. The number of hydrogen-bond donors (Lipinski definition) is 3. The van der Waals surface area contributed by atoms with Crippen LogP contribution in [0.5, 0.6) is 0 Å². The summed E-state index contributed by atoms with van der Waals surface area (Å²) < 4.78 is 0. The second kappa shape index (κ2) is 6.21. The molecule has 1 aliphatic rings. The van der Waals surface area contributed by atoms with Gasteiger partial charge in [0.2, 0.25) is 0 Å². The number of halogens is 1. The number of aliphatic hydroxyl groups excluding tert-OH is 1. The van der Waals surface area contributed by atoms with E-state index < -0.39 is 5.97 Å². The van der Waals surface area contributed by atoms with Gasteiger partial charge in [-0.25, -0.2) is 9.78 Å². The Hall–Kier alpha value is -1.33. The maximum Gasteiger partial charge on any atom is 0.337 e. The van der Waals surface area contributed by atoms with Crippen LogP contribution in [0, 0.1) is 5.92 Å². The van der Waals surface area contributed by atoms with Crippen LogP contribution in [0.3, 0.4) is 0 Å². The Morgan fingerprint density at radius 2 is 2.21 bits per heavy atom. The zero-order chi connectivity index (χ0) is 13.8. The second-order valence-corrected chi connectivity index (χ2v) is 5.24. The first kappa shape index (κ1) is 14.1. The Morgan fingerprint density at radius 3 is 2.84 bits per heavy atom. The molecule has 0 aromatic carbocycles. The Morgan fingerprint density at radius 1 is 1.47 bits per heavy atom. The second-order valence-electron chi connectivity index (χ2n) is 4.84. The van der Waals surface area contributed by atoms with Gasteiger partial charge < -0.3 is 15.5 Å². The number of hydrogen-bond acceptors (Lipinski definition) is 4. The molecule has 1 heterocycles. The van der Waals surface area contributed by atoms with Gasteiger partial charge in [0, 0.05) is 24.8 Å². The Kier molecular flexibility index (Phi) is 4.61. The van der Waals surface area contributed by atoms with E-state index in [0.29, 0.717) is 10.8 Å². The first-order valence-corrected chi connectivity index (χ1v) is 6.76. The SMILES string of the molecule is O=C(O)c1cnc(NC2CCCCC2CO)c(Cl)c1. The van der Waals surface area contributed by atoms with Gasteiger partial charge >= 0.3 is 5.97 Å². The van der Waals surface area contributed by atoms with Crippen LogP contribution < -0.4 is 5.32 Å². The van der Waals surface area contributed by atoms with E-state index >= 15 is 0 Å². The van der Waals surface area contributed by atoms with E-state index in [9.17, 15) is 9.90 Å². The highest BCUT2D eigenvalue weighted by Crippen LogP contribution is 2.29. The minimum Gasteiger partial charge on any atom is -0.478 e. The maximum absolute atomic E-state index is 10.8. The molecule has 0 amide bonds. The molecule has 2 unspecified atom stereocenters. The van der Waals surface area contributed by atoms with Gasteiger partial charge in [-0.3, -0.25) is 0 Å². The molecule has 1 aliphatic carbocycles. The van der Waals surface area contributed by atoms with Gasteiger partial charge in [0.1, 0.15) is 5.82 Å². The largest absolute Gasteiger partial charge is 0.478 e. The van der Waals surface area contributed by atoms with Crippen LogP contribution in [0.25, 0.3) is 0 Å². The highest BCUT2D eigenvalue weighted by Gasteiger charge is 2.25. The molecule has 0 aliphatic heterocycles. The summed E-state index contributed by atoms with van der Waals surface area (Å²) in [7, 11) is 0. The quantitative estimate of drug-likeness (QED) is 0.791. The van der Waals surface area contributed by atoms with E-state index in [-0.39, 0.29) is 24.1 Å². The van der Waals surface area contributed by atoms with E-state index in [0.717, 1.165) is 25.7 Å². The average Bonchev–Trinajstić information content (AvgIpc) is 2.41. The molecule has 2 atom stereocenters. The zero-order valence-corrected chi connectivity index (χ0v) is 11.2. The number of nitrogens with one attached hydrogen (secondary N) is 1. The number of carboxylic acid groups (broad SMARTS) is 1. The summed E-state index contributed by atoms with van der Waals surface area (Å²) in [5.41, 5.74) is 0.0675. The number of aromatic nitrogens is 1. The predicted molar refractivity (Wildman–Crippen MR) is 72.7 cm³/mol. The molecule has 3 N–H and O–H groups in total. The number of carbonyl (C=O) groups is 1. The lowest BCUT2D eigenvalue weighted by atomic mass is 9.85. The van der Waals surface area contributed by atoms with Gasteiger partial charge in [-0.05, 0) is 18.9 Å². The van der Waals surface area contributed by atoms with Crippen molar-refractivity contribution in [3.63, 3.8) is 0 Å². The highest BCUT2D eigenvalue weighted by atomic mass is 35.5. The van der Waals surface area contributed by atoms with Gasteiger partial charge in [0.15, 0.2) is 0 Å². The number of rotatable bonds is 4. The minimum absolute atomic E-state index is 0.0675. The van der Waals surface area contributed by atoms with Crippen molar-refractivity contribution in [1.82, 2.24) is 4.98 Å².